The van der Waals surface area contributed by atoms with Gasteiger partial charge in [-0.25, -0.2) is 0 Å². The van der Waals surface area contributed by atoms with Crippen LogP contribution in [0, 0.1) is 6.92 Å². The molecule has 1 fully saturated rings. The van der Waals surface area contributed by atoms with Crippen LogP contribution < -0.4 is 0 Å². The second kappa shape index (κ2) is 5.00. The molecule has 0 aromatic heterocycles. The van der Waals surface area contributed by atoms with Crippen molar-refractivity contribution in [2.75, 3.05) is 13.1 Å². The number of halogens is 1. The summed E-state index contributed by atoms with van der Waals surface area (Å²) in [6.07, 6.45) is 2.26. The van der Waals surface area contributed by atoms with Gasteiger partial charge in [0.05, 0.1) is 0 Å². The van der Waals surface area contributed by atoms with E-state index < -0.39 is 0 Å². The van der Waals surface area contributed by atoms with Crippen molar-refractivity contribution in [1.82, 2.24) is 4.90 Å². The van der Waals surface area contributed by atoms with Crippen molar-refractivity contribution in [1.29, 1.82) is 0 Å². The minimum atomic E-state index is 0.157. The lowest BCUT2D eigenvalue weighted by molar-refractivity contribution is 0.0730. The molecule has 0 bridgehead atoms. The second-order valence-corrected chi connectivity index (χ2v) is 5.65. The molecule has 1 aliphatic rings. The fourth-order valence-corrected chi connectivity index (χ4v) is 2.66. The molecule has 1 atom stereocenters. The number of hydrogen-bond acceptors (Lipinski definition) is 1. The number of rotatable bonds is 1. The van der Waals surface area contributed by atoms with Gasteiger partial charge in [0.15, 0.2) is 0 Å². The summed E-state index contributed by atoms with van der Waals surface area (Å²) in [6, 6.07) is 7.80. The number of likely N-dealkylation sites (tertiary alicyclic amines) is 1. The number of carbonyl (C=O) groups excluding carboxylic acids is 1. The van der Waals surface area contributed by atoms with Crippen LogP contribution in [0.15, 0.2) is 24.3 Å². The fraction of sp³-hybridized carbons (Fsp3) is 0.462. The van der Waals surface area contributed by atoms with Crippen molar-refractivity contribution in [3.8, 4) is 0 Å². The van der Waals surface area contributed by atoms with Gasteiger partial charge in [-0.15, -0.1) is 0 Å². The minimum absolute atomic E-state index is 0.157. The maximum absolute atomic E-state index is 12.2. The molecule has 0 aliphatic carbocycles. The molecule has 1 saturated heterocycles. The molecule has 0 spiro atoms. The summed E-state index contributed by atoms with van der Waals surface area (Å²) in [5.41, 5.74) is 1.99. The Morgan fingerprint density at radius 2 is 2.06 bits per heavy atom. The van der Waals surface area contributed by atoms with Gasteiger partial charge in [-0.3, -0.25) is 4.79 Å². The lowest BCUT2D eigenvalue weighted by Gasteiger charge is -2.30. The number of amides is 1. The summed E-state index contributed by atoms with van der Waals surface area (Å²) in [4.78, 5) is 14.6. The number of hydrogen-bond donors (Lipinski definition) is 0. The molecular formula is C13H16BrNO. The Labute approximate surface area is 105 Å². The topological polar surface area (TPSA) is 20.3 Å². The third-order valence-electron chi connectivity index (χ3n) is 2.95. The quantitative estimate of drug-likeness (QED) is 0.725. The predicted octanol–water partition coefficient (Wildman–Crippen LogP) is 2.99. The van der Waals surface area contributed by atoms with E-state index >= 15 is 0 Å². The first-order valence-corrected chi connectivity index (χ1v) is 6.58. The van der Waals surface area contributed by atoms with E-state index in [0.717, 1.165) is 31.5 Å². The average Bonchev–Trinajstić information content (AvgIpc) is 2.29. The normalized spacial score (nSPS) is 20.9. The summed E-state index contributed by atoms with van der Waals surface area (Å²) < 4.78 is 0. The summed E-state index contributed by atoms with van der Waals surface area (Å²) >= 11 is 3.59. The Bertz CT molecular complexity index is 374. The third-order valence-corrected chi connectivity index (χ3v) is 3.70. The van der Waals surface area contributed by atoms with Gasteiger partial charge in [-0.2, -0.15) is 0 Å². The van der Waals surface area contributed by atoms with E-state index in [4.69, 9.17) is 0 Å². The molecule has 1 heterocycles. The van der Waals surface area contributed by atoms with Crippen molar-refractivity contribution in [2.24, 2.45) is 0 Å². The molecule has 1 unspecified atom stereocenters. The van der Waals surface area contributed by atoms with Crippen LogP contribution in [0.4, 0.5) is 0 Å². The number of nitrogens with zero attached hydrogens (tertiary/aromatic N) is 1. The first-order chi connectivity index (χ1) is 7.66. The molecule has 1 aliphatic heterocycles. The minimum Gasteiger partial charge on any atom is -0.338 e. The van der Waals surface area contributed by atoms with Gasteiger partial charge in [-0.1, -0.05) is 33.6 Å². The van der Waals surface area contributed by atoms with Crippen LogP contribution in [-0.4, -0.2) is 28.7 Å². The van der Waals surface area contributed by atoms with E-state index in [1.165, 1.54) is 5.56 Å². The van der Waals surface area contributed by atoms with Gasteiger partial charge < -0.3 is 4.90 Å². The lowest BCUT2D eigenvalue weighted by atomic mass is 10.1. The first-order valence-electron chi connectivity index (χ1n) is 5.67. The van der Waals surface area contributed by atoms with Crippen LogP contribution in [0.1, 0.15) is 28.8 Å². The van der Waals surface area contributed by atoms with Gasteiger partial charge in [-0.05, 0) is 31.9 Å². The second-order valence-electron chi connectivity index (χ2n) is 4.36. The van der Waals surface area contributed by atoms with Crippen molar-refractivity contribution < 1.29 is 4.79 Å². The Kier molecular flexibility index (Phi) is 3.64. The lowest BCUT2D eigenvalue weighted by Crippen LogP contribution is -2.40. The first kappa shape index (κ1) is 11.6. The molecule has 3 heteroatoms. The third kappa shape index (κ3) is 2.64. The fourth-order valence-electron chi connectivity index (χ4n) is 1.99. The molecule has 1 aromatic carbocycles. The molecule has 86 valence electrons. The van der Waals surface area contributed by atoms with E-state index in [1.807, 2.05) is 36.1 Å². The highest BCUT2D eigenvalue weighted by Crippen LogP contribution is 2.18. The highest BCUT2D eigenvalue weighted by molar-refractivity contribution is 9.09. The molecule has 2 rings (SSSR count). The zero-order chi connectivity index (χ0) is 11.5. The number of aryl methyl sites for hydroxylation is 1. The predicted molar refractivity (Wildman–Crippen MR) is 69.0 cm³/mol. The van der Waals surface area contributed by atoms with E-state index in [1.54, 1.807) is 0 Å². The Morgan fingerprint density at radius 3 is 2.69 bits per heavy atom. The standard InChI is InChI=1S/C13H16BrNO/c1-10-4-6-11(7-5-10)13(16)15-8-2-3-12(14)9-15/h4-7,12H,2-3,8-9H2,1H3. The monoisotopic (exact) mass is 281 g/mol. The van der Waals surface area contributed by atoms with Crippen molar-refractivity contribution >= 4 is 21.8 Å². The maximum atomic E-state index is 12.2. The van der Waals surface area contributed by atoms with E-state index in [-0.39, 0.29) is 5.91 Å². The summed E-state index contributed by atoms with van der Waals surface area (Å²) in [6.45, 7) is 3.74. The van der Waals surface area contributed by atoms with Crippen LogP contribution in [0.2, 0.25) is 0 Å². The van der Waals surface area contributed by atoms with Crippen LogP contribution in [0.5, 0.6) is 0 Å². The number of benzene rings is 1. The van der Waals surface area contributed by atoms with Crippen molar-refractivity contribution in [3.63, 3.8) is 0 Å². The van der Waals surface area contributed by atoms with E-state index in [9.17, 15) is 4.79 Å². The van der Waals surface area contributed by atoms with Gasteiger partial charge in [0.1, 0.15) is 0 Å². The van der Waals surface area contributed by atoms with Gasteiger partial charge >= 0.3 is 0 Å². The zero-order valence-electron chi connectivity index (χ0n) is 9.45. The Hall–Kier alpha value is -0.830. The number of carbonyl (C=O) groups is 1. The number of alkyl halides is 1. The molecule has 0 radical (unpaired) electrons. The summed E-state index contributed by atoms with van der Waals surface area (Å²) in [5, 5.41) is 0. The maximum Gasteiger partial charge on any atom is 0.253 e. The molecule has 0 saturated carbocycles. The van der Waals surface area contributed by atoms with Crippen molar-refractivity contribution in [2.45, 2.75) is 24.6 Å². The smallest absolute Gasteiger partial charge is 0.253 e. The Balaban J connectivity index is 2.09. The molecule has 2 nitrogen and oxygen atoms in total. The highest BCUT2D eigenvalue weighted by Gasteiger charge is 2.22. The molecule has 16 heavy (non-hydrogen) atoms. The Morgan fingerprint density at radius 1 is 1.38 bits per heavy atom. The van der Waals surface area contributed by atoms with E-state index in [2.05, 4.69) is 15.9 Å². The molecular weight excluding hydrogens is 266 g/mol. The number of piperidine rings is 1. The van der Waals surface area contributed by atoms with Gasteiger partial charge in [0.2, 0.25) is 0 Å². The van der Waals surface area contributed by atoms with Crippen LogP contribution in [0.25, 0.3) is 0 Å². The van der Waals surface area contributed by atoms with Crippen LogP contribution in [-0.2, 0) is 0 Å². The zero-order valence-corrected chi connectivity index (χ0v) is 11.0. The average molecular weight is 282 g/mol. The molecule has 0 N–H and O–H groups in total. The largest absolute Gasteiger partial charge is 0.338 e. The van der Waals surface area contributed by atoms with Crippen LogP contribution >= 0.6 is 15.9 Å². The highest BCUT2D eigenvalue weighted by atomic mass is 79.9. The molecule has 1 aromatic rings. The molecule has 1 amide bonds. The summed E-state index contributed by atoms with van der Waals surface area (Å²) in [5.74, 6) is 0.157. The van der Waals surface area contributed by atoms with E-state index in [0.29, 0.717) is 4.83 Å². The van der Waals surface area contributed by atoms with Gasteiger partial charge in [0, 0.05) is 23.5 Å². The van der Waals surface area contributed by atoms with Crippen LogP contribution in [0.3, 0.4) is 0 Å². The SMILES string of the molecule is Cc1ccc(C(=O)N2CCCC(Br)C2)cc1. The summed E-state index contributed by atoms with van der Waals surface area (Å²) in [7, 11) is 0. The van der Waals surface area contributed by atoms with Gasteiger partial charge in [0.25, 0.3) is 5.91 Å². The van der Waals surface area contributed by atoms with Crippen molar-refractivity contribution in [3.05, 3.63) is 35.4 Å².